The highest BCUT2D eigenvalue weighted by Gasteiger charge is 2.44. The van der Waals surface area contributed by atoms with E-state index in [-0.39, 0.29) is 41.4 Å². The lowest BCUT2D eigenvalue weighted by atomic mass is 9.75. The third-order valence-electron chi connectivity index (χ3n) is 7.15. The molecule has 3 heterocycles. The Morgan fingerprint density at radius 3 is 2.70 bits per heavy atom. The summed E-state index contributed by atoms with van der Waals surface area (Å²) in [5.74, 6) is 1.35. The van der Waals surface area contributed by atoms with Crippen molar-refractivity contribution in [2.45, 2.75) is 43.7 Å². The van der Waals surface area contributed by atoms with Gasteiger partial charge in [0.15, 0.2) is 0 Å². The van der Waals surface area contributed by atoms with Crippen molar-refractivity contribution in [1.29, 1.82) is 0 Å². The van der Waals surface area contributed by atoms with Crippen LogP contribution in [0, 0.1) is 11.8 Å². The fraction of sp³-hybridized carbons (Fsp3) is 0.500. The van der Waals surface area contributed by atoms with E-state index in [2.05, 4.69) is 6.07 Å². The van der Waals surface area contributed by atoms with Crippen LogP contribution in [0.4, 0.5) is 0 Å². The SMILES string of the molecule is COc1cccc(C[C@H]2[C@H]3C[C@H](CN(C(=O)C4CC(O)C4)C3)c3cccc(=O)n32)c1. The average molecular weight is 408 g/mol. The molecule has 30 heavy (non-hydrogen) atoms. The first-order valence-electron chi connectivity index (χ1n) is 10.8. The number of methoxy groups -OCH3 is 1. The minimum Gasteiger partial charge on any atom is -0.497 e. The normalized spacial score (nSPS) is 29.7. The van der Waals surface area contributed by atoms with E-state index in [1.165, 1.54) is 0 Å². The summed E-state index contributed by atoms with van der Waals surface area (Å²) in [6, 6.07) is 13.5. The summed E-state index contributed by atoms with van der Waals surface area (Å²) in [5, 5.41) is 9.62. The van der Waals surface area contributed by atoms with E-state index in [0.717, 1.165) is 29.8 Å². The van der Waals surface area contributed by atoms with Gasteiger partial charge in [0.25, 0.3) is 5.56 Å². The lowest BCUT2D eigenvalue weighted by Gasteiger charge is -2.48. The Hall–Kier alpha value is -2.60. The predicted molar refractivity (Wildman–Crippen MR) is 113 cm³/mol. The van der Waals surface area contributed by atoms with Crippen LogP contribution in [0.25, 0.3) is 0 Å². The molecule has 1 aromatic carbocycles. The van der Waals surface area contributed by atoms with Crippen LogP contribution in [-0.4, -0.2) is 46.8 Å². The van der Waals surface area contributed by atoms with Crippen LogP contribution in [0.5, 0.6) is 5.75 Å². The number of likely N-dealkylation sites (tertiary alicyclic amines) is 1. The van der Waals surface area contributed by atoms with E-state index in [1.54, 1.807) is 13.2 Å². The molecule has 6 heteroatoms. The first-order valence-corrected chi connectivity index (χ1v) is 10.8. The number of carbonyl (C=O) groups is 1. The number of ether oxygens (including phenoxy) is 1. The maximum Gasteiger partial charge on any atom is 0.251 e. The monoisotopic (exact) mass is 408 g/mol. The highest BCUT2D eigenvalue weighted by molar-refractivity contribution is 5.80. The van der Waals surface area contributed by atoms with Gasteiger partial charge in [0.05, 0.1) is 13.2 Å². The second-order valence-electron chi connectivity index (χ2n) is 9.04. The lowest BCUT2D eigenvalue weighted by molar-refractivity contribution is -0.145. The zero-order chi connectivity index (χ0) is 20.8. The number of rotatable bonds is 4. The molecule has 1 saturated carbocycles. The first kappa shape index (κ1) is 19.4. The summed E-state index contributed by atoms with van der Waals surface area (Å²) in [4.78, 5) is 27.9. The zero-order valence-electron chi connectivity index (χ0n) is 17.2. The Balaban J connectivity index is 1.47. The second kappa shape index (κ2) is 7.58. The topological polar surface area (TPSA) is 71.8 Å². The van der Waals surface area contributed by atoms with Gasteiger partial charge in [-0.2, -0.15) is 0 Å². The summed E-state index contributed by atoms with van der Waals surface area (Å²) in [7, 11) is 1.66. The number of piperidine rings is 1. The molecule has 2 aromatic rings. The number of benzene rings is 1. The van der Waals surface area contributed by atoms with Gasteiger partial charge in [-0.3, -0.25) is 9.59 Å². The Kier molecular flexibility index (Phi) is 4.89. The number of amides is 1. The minimum atomic E-state index is -0.330. The van der Waals surface area contributed by atoms with Crippen LogP contribution in [0.2, 0.25) is 0 Å². The quantitative estimate of drug-likeness (QED) is 0.843. The van der Waals surface area contributed by atoms with E-state index < -0.39 is 0 Å². The van der Waals surface area contributed by atoms with E-state index in [9.17, 15) is 14.7 Å². The Morgan fingerprint density at radius 2 is 1.93 bits per heavy atom. The second-order valence-corrected chi connectivity index (χ2v) is 9.04. The van der Waals surface area contributed by atoms with Crippen molar-refractivity contribution in [3.05, 3.63) is 64.1 Å². The van der Waals surface area contributed by atoms with Crippen molar-refractivity contribution in [2.24, 2.45) is 11.8 Å². The molecular formula is C24H28N2O4. The molecule has 2 aliphatic heterocycles. The molecule has 5 rings (SSSR count). The van der Waals surface area contributed by atoms with Gasteiger partial charge in [0.1, 0.15) is 5.75 Å². The van der Waals surface area contributed by atoms with Crippen molar-refractivity contribution >= 4 is 5.91 Å². The Labute approximate surface area is 176 Å². The number of carbonyl (C=O) groups excluding carboxylic acids is 1. The summed E-state index contributed by atoms with van der Waals surface area (Å²) in [5.41, 5.74) is 2.21. The number of aromatic nitrogens is 1. The number of hydrogen-bond acceptors (Lipinski definition) is 4. The van der Waals surface area contributed by atoms with Crippen molar-refractivity contribution < 1.29 is 14.6 Å². The highest BCUT2D eigenvalue weighted by atomic mass is 16.5. The van der Waals surface area contributed by atoms with E-state index >= 15 is 0 Å². The first-order chi connectivity index (χ1) is 14.5. The molecule has 3 aliphatic rings. The molecule has 1 N–H and O–H groups in total. The number of hydrogen-bond donors (Lipinski definition) is 1. The molecule has 0 spiro atoms. The van der Waals surface area contributed by atoms with Crippen LogP contribution in [0.1, 0.15) is 42.5 Å². The van der Waals surface area contributed by atoms with E-state index in [4.69, 9.17) is 4.74 Å². The van der Waals surface area contributed by atoms with E-state index in [1.807, 2.05) is 39.8 Å². The largest absolute Gasteiger partial charge is 0.497 e. The molecule has 0 unspecified atom stereocenters. The number of aliphatic hydroxyl groups is 1. The molecule has 3 atom stereocenters. The van der Waals surface area contributed by atoms with Gasteiger partial charge in [0.2, 0.25) is 5.91 Å². The van der Waals surface area contributed by atoms with Crippen LogP contribution in [0.15, 0.2) is 47.3 Å². The lowest BCUT2D eigenvalue weighted by Crippen LogP contribution is -2.54. The summed E-state index contributed by atoms with van der Waals surface area (Å²) < 4.78 is 7.36. The van der Waals surface area contributed by atoms with E-state index in [0.29, 0.717) is 25.9 Å². The van der Waals surface area contributed by atoms with Gasteiger partial charge in [0, 0.05) is 42.7 Å². The summed E-state index contributed by atoms with van der Waals surface area (Å²) >= 11 is 0. The van der Waals surface area contributed by atoms with Gasteiger partial charge in [-0.15, -0.1) is 0 Å². The fourth-order valence-electron chi connectivity index (χ4n) is 5.57. The maximum atomic E-state index is 13.0. The molecule has 1 amide bonds. The third-order valence-corrected chi connectivity index (χ3v) is 7.15. The van der Waals surface area contributed by atoms with Gasteiger partial charge in [-0.25, -0.2) is 0 Å². The number of aliphatic hydroxyl groups excluding tert-OH is 1. The minimum absolute atomic E-state index is 0.0136. The van der Waals surface area contributed by atoms with Crippen LogP contribution in [-0.2, 0) is 11.2 Å². The zero-order valence-corrected chi connectivity index (χ0v) is 17.2. The van der Waals surface area contributed by atoms with Crippen molar-refractivity contribution in [1.82, 2.24) is 9.47 Å². The van der Waals surface area contributed by atoms with Crippen LogP contribution >= 0.6 is 0 Å². The predicted octanol–water partition coefficient (Wildman–Crippen LogP) is 2.36. The molecule has 1 aliphatic carbocycles. The molecule has 2 fully saturated rings. The average Bonchev–Trinajstić information content (AvgIpc) is 2.74. The Morgan fingerprint density at radius 1 is 1.13 bits per heavy atom. The van der Waals surface area contributed by atoms with Crippen LogP contribution < -0.4 is 10.3 Å². The molecule has 1 aromatic heterocycles. The third kappa shape index (κ3) is 3.33. The summed E-state index contributed by atoms with van der Waals surface area (Å²) in [6.07, 6.45) is 2.55. The molecule has 1 saturated heterocycles. The molecule has 6 nitrogen and oxygen atoms in total. The molecule has 0 radical (unpaired) electrons. The van der Waals surface area contributed by atoms with Crippen molar-refractivity contribution in [2.75, 3.05) is 20.2 Å². The van der Waals surface area contributed by atoms with Crippen LogP contribution in [0.3, 0.4) is 0 Å². The van der Waals surface area contributed by atoms with Crippen molar-refractivity contribution in [3.63, 3.8) is 0 Å². The Bertz CT molecular complexity index is 1010. The number of nitrogens with zero attached hydrogens (tertiary/aromatic N) is 2. The number of fused-ring (bicyclic) bond motifs is 4. The molecule has 158 valence electrons. The highest BCUT2D eigenvalue weighted by Crippen LogP contribution is 2.43. The van der Waals surface area contributed by atoms with Gasteiger partial charge in [-0.05, 0) is 55.4 Å². The van der Waals surface area contributed by atoms with Gasteiger partial charge in [-0.1, -0.05) is 18.2 Å². The molecule has 2 bridgehead atoms. The van der Waals surface area contributed by atoms with Gasteiger partial charge < -0.3 is 19.3 Å². The smallest absolute Gasteiger partial charge is 0.251 e. The van der Waals surface area contributed by atoms with Gasteiger partial charge >= 0.3 is 0 Å². The maximum absolute atomic E-state index is 13.0. The number of pyridine rings is 1. The van der Waals surface area contributed by atoms with Crippen molar-refractivity contribution in [3.8, 4) is 5.75 Å². The fourth-order valence-corrected chi connectivity index (χ4v) is 5.57. The molecular weight excluding hydrogens is 380 g/mol. The standard InChI is InChI=1S/C24H28N2O4/c1-30-20-5-2-4-15(8-20)9-22-18-10-17(21-6-3-7-23(28)26(21)22)13-25(14-18)24(29)16-11-19(27)12-16/h2-8,16-19,22,27H,9-14H2,1H3/t16?,17-,18+,19?,22+/m1/s1. The summed E-state index contributed by atoms with van der Waals surface area (Å²) in [6.45, 7) is 1.34.